The fraction of sp³-hybridized carbons (Fsp3) is 0.407. The maximum Gasteiger partial charge on any atom is 0.439 e. The highest BCUT2D eigenvalue weighted by atomic mass is 16.5. The predicted molar refractivity (Wildman–Crippen MR) is 136 cm³/mol. The van der Waals surface area contributed by atoms with Crippen molar-refractivity contribution >= 4 is 0 Å². The van der Waals surface area contributed by atoms with Crippen LogP contribution in [0.1, 0.15) is 50.4 Å². The minimum atomic E-state index is -0.588. The highest BCUT2D eigenvalue weighted by molar-refractivity contribution is 5.80. The van der Waals surface area contributed by atoms with E-state index in [9.17, 15) is 9.59 Å². The van der Waals surface area contributed by atoms with Crippen molar-refractivity contribution in [3.05, 3.63) is 81.0 Å². The van der Waals surface area contributed by atoms with Gasteiger partial charge in [0.1, 0.15) is 5.82 Å². The Labute approximate surface area is 208 Å². The van der Waals surface area contributed by atoms with E-state index in [1.54, 1.807) is 9.25 Å². The molecule has 1 saturated heterocycles. The molecule has 0 saturated carbocycles. The number of hydrogen-bond donors (Lipinski definition) is 1. The molecule has 188 valence electrons. The number of aryl methyl sites for hydroxylation is 1. The number of hydrogen-bond acceptors (Lipinski definition) is 6. The molecule has 1 N–H and O–H groups in total. The first-order valence-electron chi connectivity index (χ1n) is 12.6. The number of H-pyrrole nitrogens is 1. The molecule has 0 aliphatic carbocycles. The number of rotatable bonds is 9. The number of aromatic nitrogens is 5. The van der Waals surface area contributed by atoms with E-state index in [-0.39, 0.29) is 11.8 Å². The van der Waals surface area contributed by atoms with Crippen LogP contribution >= 0.6 is 0 Å². The summed E-state index contributed by atoms with van der Waals surface area (Å²) in [5.74, 6) is 0.623. The van der Waals surface area contributed by atoms with Crippen LogP contribution in [0.4, 0.5) is 0 Å². The Kier molecular flexibility index (Phi) is 7.27. The van der Waals surface area contributed by atoms with Crippen LogP contribution in [0.3, 0.4) is 0 Å². The summed E-state index contributed by atoms with van der Waals surface area (Å²) in [6.45, 7) is 3.86. The van der Waals surface area contributed by atoms with Crippen molar-refractivity contribution in [1.82, 2.24) is 24.5 Å². The smallest absolute Gasteiger partial charge is 0.376 e. The van der Waals surface area contributed by atoms with Crippen LogP contribution in [-0.4, -0.2) is 37.2 Å². The van der Waals surface area contributed by atoms with Crippen molar-refractivity contribution in [2.24, 2.45) is 0 Å². The van der Waals surface area contributed by atoms with Gasteiger partial charge in [0.25, 0.3) is 0 Å². The minimum absolute atomic E-state index is 0.0535. The summed E-state index contributed by atoms with van der Waals surface area (Å²) in [7, 11) is 0. The van der Waals surface area contributed by atoms with Gasteiger partial charge in [-0.1, -0.05) is 67.0 Å². The van der Waals surface area contributed by atoms with Gasteiger partial charge in [0.15, 0.2) is 5.82 Å². The molecule has 0 radical (unpaired) electrons. The lowest BCUT2D eigenvalue weighted by atomic mass is 9.98. The maximum atomic E-state index is 13.3. The van der Waals surface area contributed by atoms with E-state index in [1.807, 2.05) is 48.5 Å². The van der Waals surface area contributed by atoms with Crippen molar-refractivity contribution in [3.63, 3.8) is 0 Å². The molecule has 1 atom stereocenters. The molecule has 1 aliphatic heterocycles. The molecule has 5 rings (SSSR count). The first kappa shape index (κ1) is 24.0. The zero-order valence-electron chi connectivity index (χ0n) is 20.5. The predicted octanol–water partition coefficient (Wildman–Crippen LogP) is 4.02. The number of benzene rings is 2. The fourth-order valence-electron chi connectivity index (χ4n) is 4.69. The molecule has 36 heavy (non-hydrogen) atoms. The number of ether oxygens (including phenoxy) is 1. The van der Waals surface area contributed by atoms with Gasteiger partial charge in [-0.25, -0.2) is 14.3 Å². The summed E-state index contributed by atoms with van der Waals surface area (Å²) in [4.78, 5) is 27.3. The average molecular weight is 490 g/mol. The molecule has 2 aromatic carbocycles. The summed E-state index contributed by atoms with van der Waals surface area (Å²) in [6.07, 6.45) is 6.02. The van der Waals surface area contributed by atoms with Crippen LogP contribution in [0.15, 0.2) is 62.6 Å². The molecule has 1 aliphatic rings. The van der Waals surface area contributed by atoms with Crippen LogP contribution < -0.4 is 11.4 Å². The van der Waals surface area contributed by atoms with Gasteiger partial charge < -0.3 is 4.74 Å². The van der Waals surface area contributed by atoms with Crippen LogP contribution in [0, 0.1) is 0 Å². The van der Waals surface area contributed by atoms with Crippen LogP contribution in [0.5, 0.6) is 0 Å². The van der Waals surface area contributed by atoms with Gasteiger partial charge in [-0.3, -0.25) is 14.1 Å². The van der Waals surface area contributed by atoms with Crippen molar-refractivity contribution in [2.45, 2.75) is 64.6 Å². The van der Waals surface area contributed by atoms with E-state index >= 15 is 0 Å². The highest BCUT2D eigenvalue weighted by Gasteiger charge is 2.20. The monoisotopic (exact) mass is 489 g/mol. The summed E-state index contributed by atoms with van der Waals surface area (Å²) >= 11 is 0. The van der Waals surface area contributed by atoms with Crippen molar-refractivity contribution in [1.29, 1.82) is 0 Å². The van der Waals surface area contributed by atoms with Gasteiger partial charge in [0.2, 0.25) is 0 Å². The lowest BCUT2D eigenvalue weighted by Gasteiger charge is -2.21. The van der Waals surface area contributed by atoms with Crippen LogP contribution in [0.2, 0.25) is 0 Å². The molecule has 0 spiro atoms. The number of nitrogens with one attached hydrogen (secondary N) is 1. The molecule has 9 nitrogen and oxygen atoms in total. The Morgan fingerprint density at radius 3 is 2.56 bits per heavy atom. The van der Waals surface area contributed by atoms with E-state index in [0.29, 0.717) is 18.9 Å². The molecule has 2 aromatic heterocycles. The second kappa shape index (κ2) is 10.9. The summed E-state index contributed by atoms with van der Waals surface area (Å²) in [5.41, 5.74) is 3.61. The standard InChI is InChI=1S/C27H31N5O4/c1-2-3-11-24-29-32(18-21-8-6-7-16-35-21)27(34)31(24)17-19-12-14-20(15-13-19)22-9-4-5-10-23(22)25-28-26(33)36-30-25/h4-5,9-10,12-15,21H,2-3,6-8,11,16-18H2,1H3,(H,28,30,33). The number of aromatic amines is 1. The van der Waals surface area contributed by atoms with E-state index in [2.05, 4.69) is 21.6 Å². The third kappa shape index (κ3) is 5.26. The normalized spacial score (nSPS) is 15.9. The molecule has 4 aromatic rings. The molecule has 1 unspecified atom stereocenters. The topological polar surface area (TPSA) is 108 Å². The van der Waals surface area contributed by atoms with Gasteiger partial charge >= 0.3 is 11.4 Å². The van der Waals surface area contributed by atoms with Gasteiger partial charge in [-0.05, 0) is 42.4 Å². The number of nitrogens with zero attached hydrogens (tertiary/aromatic N) is 4. The molecule has 0 amide bonds. The first-order valence-corrected chi connectivity index (χ1v) is 12.6. The van der Waals surface area contributed by atoms with Crippen molar-refractivity contribution < 1.29 is 9.26 Å². The molecule has 0 bridgehead atoms. The van der Waals surface area contributed by atoms with E-state index in [0.717, 1.165) is 73.2 Å². The Balaban J connectivity index is 1.39. The Morgan fingerprint density at radius 1 is 1.06 bits per heavy atom. The lowest BCUT2D eigenvalue weighted by Crippen LogP contribution is -2.32. The SMILES string of the molecule is CCCCc1nn(CC2CCCCO2)c(=O)n1Cc1ccc(-c2ccccc2-c2noc(=O)[nH]2)cc1. The third-order valence-corrected chi connectivity index (χ3v) is 6.63. The van der Waals surface area contributed by atoms with Crippen LogP contribution in [-0.2, 0) is 24.2 Å². The van der Waals surface area contributed by atoms with Crippen molar-refractivity contribution in [2.75, 3.05) is 6.61 Å². The lowest BCUT2D eigenvalue weighted by molar-refractivity contribution is 0.00325. The Hall–Kier alpha value is -3.72. The van der Waals surface area contributed by atoms with Crippen molar-refractivity contribution in [3.8, 4) is 22.5 Å². The highest BCUT2D eigenvalue weighted by Crippen LogP contribution is 2.30. The third-order valence-electron chi connectivity index (χ3n) is 6.63. The summed E-state index contributed by atoms with van der Waals surface area (Å²) in [6, 6.07) is 15.8. The molecular weight excluding hydrogens is 458 g/mol. The second-order valence-corrected chi connectivity index (χ2v) is 9.25. The zero-order valence-corrected chi connectivity index (χ0v) is 20.5. The second-order valence-electron chi connectivity index (χ2n) is 9.25. The molecule has 9 heteroatoms. The van der Waals surface area contributed by atoms with Gasteiger partial charge in [0.05, 0.1) is 19.2 Å². The number of unbranched alkanes of at least 4 members (excludes halogenated alkanes) is 1. The summed E-state index contributed by atoms with van der Waals surface area (Å²) in [5, 5.41) is 8.53. The largest absolute Gasteiger partial charge is 0.439 e. The van der Waals surface area contributed by atoms with Gasteiger partial charge in [-0.15, -0.1) is 0 Å². The van der Waals surface area contributed by atoms with E-state index in [4.69, 9.17) is 9.84 Å². The summed E-state index contributed by atoms with van der Waals surface area (Å²) < 4.78 is 13.9. The quantitative estimate of drug-likeness (QED) is 0.381. The Morgan fingerprint density at radius 2 is 1.86 bits per heavy atom. The fourth-order valence-corrected chi connectivity index (χ4v) is 4.69. The Bertz CT molecular complexity index is 1410. The molecule has 1 fully saturated rings. The van der Waals surface area contributed by atoms with Gasteiger partial charge in [0, 0.05) is 18.6 Å². The van der Waals surface area contributed by atoms with E-state index in [1.165, 1.54) is 0 Å². The molecular formula is C27H31N5O4. The van der Waals surface area contributed by atoms with E-state index < -0.39 is 5.76 Å². The van der Waals surface area contributed by atoms with Crippen LogP contribution in [0.25, 0.3) is 22.5 Å². The first-order chi connectivity index (χ1) is 17.6. The van der Waals surface area contributed by atoms with Gasteiger partial charge in [-0.2, -0.15) is 5.10 Å². The maximum absolute atomic E-state index is 13.3. The average Bonchev–Trinajstić information content (AvgIpc) is 3.47. The zero-order chi connectivity index (χ0) is 24.9. The minimum Gasteiger partial charge on any atom is -0.376 e. The molecule has 3 heterocycles.